The van der Waals surface area contributed by atoms with E-state index in [-0.39, 0.29) is 19.1 Å². The van der Waals surface area contributed by atoms with Crippen LogP contribution in [-0.2, 0) is 33.2 Å². The number of unbranched alkanes of at least 4 members (excludes halogenated alkanes) is 12. The van der Waals surface area contributed by atoms with Crippen LogP contribution in [0.15, 0.2) is 42.5 Å². The molecule has 0 aromatic heterocycles. The van der Waals surface area contributed by atoms with Crippen molar-refractivity contribution in [2.24, 2.45) is 34.5 Å². The topological polar surface area (TPSA) is 153 Å². The maximum absolute atomic E-state index is 14.4. The predicted octanol–water partition coefficient (Wildman–Crippen LogP) is 5.89. The standard InChI is InChI=1S/C48H73NO11/c1-7-8-9-10-11-12-13-14-15-16-17-18-19-23-26-35(51)60-48-36-32(28-46(54,43(58-6)41(48)52)42(36)59-44(53)31-24-21-20-22-25-31)47-34(56-4)27-33(50)45(30-55-3)29-49(2)40(47)37(48)38(57-5)39(45)47/h20-26,32-34,36-43,50,52,54H,7-19,27-30H2,1-6H3/b26-23+/t32-,33-,34+,36-,37+,38+,39-,40?,41+,42-,43+,45+,46-,47+,48-/m1/s1. The average molecular weight is 840 g/mol. The van der Waals surface area contributed by atoms with Gasteiger partial charge in [0.1, 0.15) is 23.9 Å². The first-order valence-electron chi connectivity index (χ1n) is 23.0. The molecule has 6 aliphatic rings. The number of nitrogens with zero attached hydrogens (tertiary/aromatic N) is 1. The molecule has 1 saturated heterocycles. The lowest BCUT2D eigenvalue weighted by atomic mass is 9.42. The minimum absolute atomic E-state index is 0.0665. The smallest absolute Gasteiger partial charge is 0.338 e. The van der Waals surface area contributed by atoms with Crippen LogP contribution in [0.4, 0.5) is 0 Å². The molecule has 5 aliphatic carbocycles. The fraction of sp³-hybridized carbons (Fsp3) is 0.792. The summed E-state index contributed by atoms with van der Waals surface area (Å²) in [5.74, 6) is -3.79. The number of hydrogen-bond donors (Lipinski definition) is 3. The number of methoxy groups -OCH3 is 4. The van der Waals surface area contributed by atoms with Crippen LogP contribution >= 0.6 is 0 Å². The maximum atomic E-state index is 14.4. The lowest BCUT2D eigenvalue weighted by Crippen LogP contribution is -2.81. The second-order valence-corrected chi connectivity index (χ2v) is 19.2. The Labute approximate surface area is 357 Å². The summed E-state index contributed by atoms with van der Waals surface area (Å²) in [6.07, 6.45) is 13.3. The van der Waals surface area contributed by atoms with Crippen molar-refractivity contribution in [1.29, 1.82) is 0 Å². The summed E-state index contributed by atoms with van der Waals surface area (Å²) in [6.45, 7) is 2.94. The van der Waals surface area contributed by atoms with Crippen LogP contribution in [-0.4, -0.2) is 135 Å². The van der Waals surface area contributed by atoms with Crippen molar-refractivity contribution in [3.05, 3.63) is 48.0 Å². The highest BCUT2D eigenvalue weighted by atomic mass is 16.6. The molecule has 7 bridgehead atoms. The van der Waals surface area contributed by atoms with Gasteiger partial charge in [-0.3, -0.25) is 0 Å². The van der Waals surface area contributed by atoms with E-state index >= 15 is 0 Å². The highest BCUT2D eigenvalue weighted by molar-refractivity contribution is 5.89. The molecule has 1 heterocycles. The molecule has 1 aromatic carbocycles. The zero-order valence-corrected chi connectivity index (χ0v) is 37.0. The van der Waals surface area contributed by atoms with Crippen LogP contribution in [0.25, 0.3) is 0 Å². The van der Waals surface area contributed by atoms with Crippen molar-refractivity contribution in [3.8, 4) is 0 Å². The lowest BCUT2D eigenvalue weighted by molar-refractivity contribution is -0.320. The molecule has 5 saturated carbocycles. The van der Waals surface area contributed by atoms with Gasteiger partial charge in [-0.25, -0.2) is 9.59 Å². The molecule has 1 spiro atoms. The second kappa shape index (κ2) is 18.7. The van der Waals surface area contributed by atoms with Gasteiger partial charge in [0.25, 0.3) is 0 Å². The van der Waals surface area contributed by atoms with Crippen molar-refractivity contribution in [1.82, 2.24) is 4.90 Å². The fourth-order valence-corrected chi connectivity index (χ4v) is 14.4. The number of allylic oxidation sites excluding steroid dienone is 1. The number of aliphatic hydroxyl groups is 3. The van der Waals surface area contributed by atoms with Gasteiger partial charge in [-0.1, -0.05) is 102 Å². The van der Waals surface area contributed by atoms with Crippen molar-refractivity contribution in [3.63, 3.8) is 0 Å². The number of carbonyl (C=O) groups is 2. The summed E-state index contributed by atoms with van der Waals surface area (Å²) < 4.78 is 38.3. The number of fused-ring (bicyclic) bond motifs is 2. The first kappa shape index (κ1) is 45.6. The monoisotopic (exact) mass is 840 g/mol. The largest absolute Gasteiger partial charge is 0.455 e. The van der Waals surface area contributed by atoms with E-state index in [0.717, 1.165) is 19.3 Å². The Balaban J connectivity index is 1.21. The number of ether oxygens (including phenoxy) is 6. The Hall–Kier alpha value is -2.42. The Morgan fingerprint density at radius 1 is 0.850 bits per heavy atom. The number of rotatable bonds is 22. The van der Waals surface area contributed by atoms with Gasteiger partial charge in [0.2, 0.25) is 0 Å². The van der Waals surface area contributed by atoms with E-state index in [2.05, 4.69) is 11.8 Å². The van der Waals surface area contributed by atoms with E-state index in [9.17, 15) is 24.9 Å². The summed E-state index contributed by atoms with van der Waals surface area (Å²) >= 11 is 0. The molecule has 15 atom stereocenters. The summed E-state index contributed by atoms with van der Waals surface area (Å²) in [7, 11) is 8.34. The number of carbonyl (C=O) groups excluding carboxylic acids is 2. The molecule has 1 aromatic rings. The van der Waals surface area contributed by atoms with E-state index in [0.29, 0.717) is 24.9 Å². The third kappa shape index (κ3) is 7.11. The van der Waals surface area contributed by atoms with E-state index < -0.39 is 94.3 Å². The number of benzene rings is 1. The molecule has 3 N–H and O–H groups in total. The zero-order valence-electron chi connectivity index (χ0n) is 37.0. The summed E-state index contributed by atoms with van der Waals surface area (Å²) in [6, 6.07) is 8.23. The average Bonchev–Trinajstić information content (AvgIpc) is 3.63. The van der Waals surface area contributed by atoms with Gasteiger partial charge in [0.05, 0.1) is 30.5 Å². The van der Waals surface area contributed by atoms with E-state index in [1.165, 1.54) is 71.0 Å². The Morgan fingerprint density at radius 3 is 2.10 bits per heavy atom. The van der Waals surface area contributed by atoms with Gasteiger partial charge in [-0.15, -0.1) is 0 Å². The van der Waals surface area contributed by atoms with E-state index in [1.54, 1.807) is 45.6 Å². The molecule has 0 radical (unpaired) electrons. The van der Waals surface area contributed by atoms with Gasteiger partial charge >= 0.3 is 11.9 Å². The molecule has 60 heavy (non-hydrogen) atoms. The number of piperidine rings is 1. The summed E-state index contributed by atoms with van der Waals surface area (Å²) in [4.78, 5) is 30.7. The fourth-order valence-electron chi connectivity index (χ4n) is 14.4. The normalized spacial score (nSPS) is 41.2. The molecule has 0 amide bonds. The molecule has 1 aliphatic heterocycles. The van der Waals surface area contributed by atoms with Crippen molar-refractivity contribution >= 4 is 11.9 Å². The first-order chi connectivity index (χ1) is 29.0. The lowest BCUT2D eigenvalue weighted by Gasteiger charge is -2.70. The van der Waals surface area contributed by atoms with Crippen LogP contribution in [0.3, 0.4) is 0 Å². The van der Waals surface area contributed by atoms with Crippen LogP contribution in [0.2, 0.25) is 0 Å². The molecule has 336 valence electrons. The molecule has 6 fully saturated rings. The quantitative estimate of drug-likeness (QED) is 0.0726. The van der Waals surface area contributed by atoms with Crippen molar-refractivity contribution in [2.75, 3.05) is 48.6 Å². The number of likely N-dealkylation sites (tertiary alicyclic amines) is 1. The van der Waals surface area contributed by atoms with Crippen molar-refractivity contribution < 1.29 is 53.3 Å². The van der Waals surface area contributed by atoms with Gasteiger partial charge < -0.3 is 48.6 Å². The van der Waals surface area contributed by atoms with Gasteiger partial charge in [0, 0.05) is 82.1 Å². The Morgan fingerprint density at radius 2 is 1.50 bits per heavy atom. The predicted molar refractivity (Wildman–Crippen MR) is 225 cm³/mol. The molecule has 12 heteroatoms. The molecule has 12 nitrogen and oxygen atoms in total. The van der Waals surface area contributed by atoms with Crippen molar-refractivity contribution in [2.45, 2.75) is 157 Å². The van der Waals surface area contributed by atoms with E-state index in [4.69, 9.17) is 28.4 Å². The third-order valence-corrected chi connectivity index (χ3v) is 16.3. The number of hydrogen-bond acceptors (Lipinski definition) is 12. The van der Waals surface area contributed by atoms with Crippen LogP contribution in [0, 0.1) is 34.5 Å². The van der Waals surface area contributed by atoms with Crippen LogP contribution in [0.1, 0.15) is 114 Å². The first-order valence-corrected chi connectivity index (χ1v) is 23.0. The number of aliphatic hydroxyl groups excluding tert-OH is 2. The second-order valence-electron chi connectivity index (χ2n) is 19.2. The SMILES string of the molecule is CCCCCCCCCCCCCC/C=C/C(=O)O[C@]12[C@H]3[C@@H](OC(=O)c4ccccc4)[C@](O)(C[C@H]3[C@@]34C5[C@@H]1[C@H](OC)[C@@H]3[C@](COC)(CN5C)[C@H](O)C[C@@H]4OC)[C@@H](OC)[C@@H]2O. The molecular formula is C48H73NO11. The Bertz CT molecular complexity index is 1640. The third-order valence-electron chi connectivity index (χ3n) is 16.3. The summed E-state index contributed by atoms with van der Waals surface area (Å²) in [5, 5.41) is 38.1. The summed E-state index contributed by atoms with van der Waals surface area (Å²) in [5.41, 5.74) is -4.94. The molecule has 1 unspecified atom stereocenters. The van der Waals surface area contributed by atoms with Gasteiger partial charge in [-0.2, -0.15) is 0 Å². The molecular weight excluding hydrogens is 767 g/mol. The zero-order chi connectivity index (χ0) is 42.9. The number of esters is 2. The Kier molecular flexibility index (Phi) is 14.2. The van der Waals surface area contributed by atoms with Crippen LogP contribution in [0.5, 0.6) is 0 Å². The highest BCUT2D eigenvalue weighted by Gasteiger charge is 2.92. The minimum Gasteiger partial charge on any atom is -0.455 e. The van der Waals surface area contributed by atoms with Gasteiger partial charge in [-0.05, 0) is 44.4 Å². The minimum atomic E-state index is -1.86. The van der Waals surface area contributed by atoms with Crippen LogP contribution < -0.4 is 0 Å². The highest BCUT2D eigenvalue weighted by Crippen LogP contribution is 2.80. The molecule has 7 rings (SSSR count). The van der Waals surface area contributed by atoms with Gasteiger partial charge in [0.15, 0.2) is 5.60 Å². The maximum Gasteiger partial charge on any atom is 0.338 e. The van der Waals surface area contributed by atoms with E-state index in [1.807, 2.05) is 19.2 Å².